The van der Waals surface area contributed by atoms with Gasteiger partial charge in [0, 0.05) is 10.6 Å². The highest BCUT2D eigenvalue weighted by Gasteiger charge is 2.27. The number of benzene rings is 2. The van der Waals surface area contributed by atoms with Crippen LogP contribution in [0.3, 0.4) is 0 Å². The Bertz CT molecular complexity index is 594. The molecule has 1 unspecified atom stereocenters. The molecule has 0 aromatic heterocycles. The predicted octanol–water partition coefficient (Wildman–Crippen LogP) is 5.19. The van der Waals surface area contributed by atoms with E-state index < -0.39 is 8.15 Å². The Labute approximate surface area is 141 Å². The SMILES string of the molecule is CC(C)C=C1CCCC1OP(c1ccccc1)c1ccccc1. The first-order chi connectivity index (χ1) is 11.2. The predicted molar refractivity (Wildman–Crippen MR) is 101 cm³/mol. The Morgan fingerprint density at radius 1 is 0.957 bits per heavy atom. The van der Waals surface area contributed by atoms with Crippen molar-refractivity contribution in [3.8, 4) is 0 Å². The molecular weight excluding hydrogens is 299 g/mol. The molecule has 2 aromatic carbocycles. The lowest BCUT2D eigenvalue weighted by molar-refractivity contribution is 0.278. The minimum absolute atomic E-state index is 0.281. The molecule has 0 heterocycles. The van der Waals surface area contributed by atoms with Gasteiger partial charge in [-0.2, -0.15) is 0 Å². The van der Waals surface area contributed by atoms with Crippen molar-refractivity contribution < 1.29 is 4.52 Å². The van der Waals surface area contributed by atoms with Crippen LogP contribution in [0.25, 0.3) is 0 Å². The van der Waals surface area contributed by atoms with Gasteiger partial charge in [-0.3, -0.25) is 0 Å². The van der Waals surface area contributed by atoms with Gasteiger partial charge in [0.25, 0.3) is 0 Å². The molecule has 0 aliphatic heterocycles. The summed E-state index contributed by atoms with van der Waals surface area (Å²) in [5.74, 6) is 0.592. The molecule has 0 N–H and O–H groups in total. The lowest BCUT2D eigenvalue weighted by atomic mass is 10.1. The summed E-state index contributed by atoms with van der Waals surface area (Å²) in [6.07, 6.45) is 6.27. The topological polar surface area (TPSA) is 9.23 Å². The normalized spacial score (nSPS) is 19.8. The van der Waals surface area contributed by atoms with Gasteiger partial charge >= 0.3 is 0 Å². The van der Waals surface area contributed by atoms with Crippen LogP contribution in [0.1, 0.15) is 33.1 Å². The van der Waals surface area contributed by atoms with Crippen LogP contribution in [0, 0.1) is 5.92 Å². The molecule has 1 atom stereocenters. The zero-order chi connectivity index (χ0) is 16.1. The zero-order valence-electron chi connectivity index (χ0n) is 14.0. The fourth-order valence-electron chi connectivity index (χ4n) is 3.10. The Kier molecular flexibility index (Phi) is 5.65. The summed E-state index contributed by atoms with van der Waals surface area (Å²) in [4.78, 5) is 0. The van der Waals surface area contributed by atoms with E-state index in [4.69, 9.17) is 4.52 Å². The highest BCUT2D eigenvalue weighted by Crippen LogP contribution is 2.42. The summed E-state index contributed by atoms with van der Waals surface area (Å²) in [7, 11) is -0.754. The van der Waals surface area contributed by atoms with E-state index in [0.717, 1.165) is 6.42 Å². The van der Waals surface area contributed by atoms with E-state index in [1.54, 1.807) is 0 Å². The van der Waals surface area contributed by atoms with E-state index in [0.29, 0.717) is 5.92 Å². The molecule has 1 aliphatic rings. The van der Waals surface area contributed by atoms with Crippen molar-refractivity contribution in [3.63, 3.8) is 0 Å². The van der Waals surface area contributed by atoms with Gasteiger partial charge in [0.05, 0.1) is 14.3 Å². The number of rotatable bonds is 5. The fourth-order valence-corrected chi connectivity index (χ4v) is 5.02. The second-order valence-electron chi connectivity index (χ2n) is 6.44. The van der Waals surface area contributed by atoms with Crippen molar-refractivity contribution in [2.24, 2.45) is 5.92 Å². The van der Waals surface area contributed by atoms with Crippen molar-refractivity contribution in [2.75, 3.05) is 0 Å². The average Bonchev–Trinajstić information content (AvgIpc) is 3.00. The van der Waals surface area contributed by atoms with Crippen molar-refractivity contribution in [2.45, 2.75) is 39.2 Å². The quantitative estimate of drug-likeness (QED) is 0.543. The van der Waals surface area contributed by atoms with Crippen LogP contribution < -0.4 is 10.6 Å². The summed E-state index contributed by atoms with van der Waals surface area (Å²) >= 11 is 0. The summed E-state index contributed by atoms with van der Waals surface area (Å²) in [5, 5.41) is 2.59. The highest BCUT2D eigenvalue weighted by atomic mass is 31.1. The second kappa shape index (κ2) is 7.90. The van der Waals surface area contributed by atoms with E-state index in [1.807, 2.05) is 0 Å². The van der Waals surface area contributed by atoms with Crippen molar-refractivity contribution in [3.05, 3.63) is 72.3 Å². The molecule has 1 saturated carbocycles. The molecule has 0 bridgehead atoms. The van der Waals surface area contributed by atoms with E-state index in [9.17, 15) is 0 Å². The van der Waals surface area contributed by atoms with Gasteiger partial charge in [0.2, 0.25) is 0 Å². The molecule has 0 amide bonds. The van der Waals surface area contributed by atoms with Crippen LogP contribution in [0.2, 0.25) is 0 Å². The minimum Gasteiger partial charge on any atom is -0.342 e. The van der Waals surface area contributed by atoms with Crippen LogP contribution in [-0.2, 0) is 4.52 Å². The van der Waals surface area contributed by atoms with E-state index in [2.05, 4.69) is 80.6 Å². The first-order valence-electron chi connectivity index (χ1n) is 8.51. The largest absolute Gasteiger partial charge is 0.342 e. The summed E-state index contributed by atoms with van der Waals surface area (Å²) in [6.45, 7) is 4.50. The van der Waals surface area contributed by atoms with Gasteiger partial charge in [0.1, 0.15) is 0 Å². The maximum Gasteiger partial charge on any atom is 0.0926 e. The zero-order valence-corrected chi connectivity index (χ0v) is 14.9. The summed E-state index contributed by atoms with van der Waals surface area (Å²) in [5.41, 5.74) is 1.50. The van der Waals surface area contributed by atoms with Gasteiger partial charge in [-0.1, -0.05) is 80.6 Å². The molecule has 1 aliphatic carbocycles. The van der Waals surface area contributed by atoms with Gasteiger partial charge in [-0.05, 0) is 30.8 Å². The molecule has 120 valence electrons. The lowest BCUT2D eigenvalue weighted by Gasteiger charge is -2.24. The molecule has 1 nitrogen and oxygen atoms in total. The highest BCUT2D eigenvalue weighted by molar-refractivity contribution is 7.68. The molecule has 3 rings (SSSR count). The molecule has 2 aromatic rings. The van der Waals surface area contributed by atoms with Gasteiger partial charge in [-0.25, -0.2) is 0 Å². The fraction of sp³-hybridized carbons (Fsp3) is 0.333. The third kappa shape index (κ3) is 4.31. The first kappa shape index (κ1) is 16.4. The number of hydrogen-bond donors (Lipinski definition) is 0. The monoisotopic (exact) mass is 324 g/mol. The first-order valence-corrected chi connectivity index (χ1v) is 9.77. The Morgan fingerprint density at radius 3 is 2.04 bits per heavy atom. The average molecular weight is 324 g/mol. The Morgan fingerprint density at radius 2 is 1.52 bits per heavy atom. The third-order valence-electron chi connectivity index (χ3n) is 4.11. The van der Waals surface area contributed by atoms with Gasteiger partial charge < -0.3 is 4.52 Å². The minimum atomic E-state index is -0.754. The number of allylic oxidation sites excluding steroid dienone is 1. The van der Waals surface area contributed by atoms with Crippen LogP contribution in [0.15, 0.2) is 72.3 Å². The molecule has 23 heavy (non-hydrogen) atoms. The molecule has 1 fully saturated rings. The smallest absolute Gasteiger partial charge is 0.0926 e. The second-order valence-corrected chi connectivity index (χ2v) is 8.27. The molecule has 2 heteroatoms. The molecule has 0 spiro atoms. The summed E-state index contributed by atoms with van der Waals surface area (Å²) < 4.78 is 6.69. The molecular formula is C21H25OP. The Balaban J connectivity index is 1.88. The van der Waals surface area contributed by atoms with Crippen molar-refractivity contribution in [1.82, 2.24) is 0 Å². The maximum absolute atomic E-state index is 6.69. The maximum atomic E-state index is 6.69. The molecule has 0 saturated heterocycles. The van der Waals surface area contributed by atoms with Crippen LogP contribution in [-0.4, -0.2) is 6.10 Å². The van der Waals surface area contributed by atoms with Crippen LogP contribution in [0.5, 0.6) is 0 Å². The van der Waals surface area contributed by atoms with E-state index in [1.165, 1.54) is 29.0 Å². The summed E-state index contributed by atoms with van der Waals surface area (Å²) in [6, 6.07) is 21.3. The molecule has 0 radical (unpaired) electrons. The van der Waals surface area contributed by atoms with Crippen molar-refractivity contribution >= 4 is 18.8 Å². The third-order valence-corrected chi connectivity index (χ3v) is 6.11. The van der Waals surface area contributed by atoms with Crippen LogP contribution >= 0.6 is 8.15 Å². The van der Waals surface area contributed by atoms with Crippen molar-refractivity contribution in [1.29, 1.82) is 0 Å². The van der Waals surface area contributed by atoms with E-state index in [-0.39, 0.29) is 6.10 Å². The van der Waals surface area contributed by atoms with E-state index >= 15 is 0 Å². The van der Waals surface area contributed by atoms with Crippen LogP contribution in [0.4, 0.5) is 0 Å². The van der Waals surface area contributed by atoms with Gasteiger partial charge in [-0.15, -0.1) is 0 Å². The number of hydrogen-bond acceptors (Lipinski definition) is 1. The van der Waals surface area contributed by atoms with Gasteiger partial charge in [0.15, 0.2) is 0 Å². The Hall–Kier alpha value is -1.43. The standard InChI is InChI=1S/C21H25OP/c1-17(2)16-18-10-9-15-21(18)22-23(19-11-5-3-6-12-19)20-13-7-4-8-14-20/h3-8,11-14,16-17,21H,9-10,15H2,1-2H3. The lowest BCUT2D eigenvalue weighted by Crippen LogP contribution is -2.19.